The second-order valence-corrected chi connectivity index (χ2v) is 7.71. The molecular weight excluding hydrogens is 248 g/mol. The second kappa shape index (κ2) is 6.46. The molecule has 2 aliphatic rings. The van der Waals surface area contributed by atoms with Gasteiger partial charge in [-0.25, -0.2) is 0 Å². The lowest BCUT2D eigenvalue weighted by atomic mass is 9.79. The van der Waals surface area contributed by atoms with E-state index in [0.29, 0.717) is 17.9 Å². The van der Waals surface area contributed by atoms with E-state index in [0.717, 1.165) is 38.8 Å². The van der Waals surface area contributed by atoms with E-state index in [1.807, 2.05) is 0 Å². The number of hydrogen-bond acceptors (Lipinski definition) is 2. The summed E-state index contributed by atoms with van der Waals surface area (Å²) < 4.78 is 0. The van der Waals surface area contributed by atoms with Gasteiger partial charge in [0.1, 0.15) is 0 Å². The zero-order chi connectivity index (χ0) is 14.6. The number of carbonyl (C=O) groups excluding carboxylic acids is 1. The molecule has 0 aromatic rings. The van der Waals surface area contributed by atoms with Crippen LogP contribution >= 0.6 is 0 Å². The second-order valence-electron chi connectivity index (χ2n) is 7.71. The molecule has 0 aromatic heterocycles. The van der Waals surface area contributed by atoms with Gasteiger partial charge in [-0.05, 0) is 37.5 Å². The summed E-state index contributed by atoms with van der Waals surface area (Å²) in [6.07, 6.45) is 10.4. The molecule has 0 bridgehead atoms. The van der Waals surface area contributed by atoms with E-state index < -0.39 is 0 Å². The molecule has 1 amide bonds. The molecule has 0 aromatic carbocycles. The van der Waals surface area contributed by atoms with Crippen molar-refractivity contribution in [3.8, 4) is 0 Å². The molecule has 116 valence electrons. The van der Waals surface area contributed by atoms with Crippen LogP contribution in [0.2, 0.25) is 0 Å². The van der Waals surface area contributed by atoms with Crippen LogP contribution in [0.25, 0.3) is 0 Å². The van der Waals surface area contributed by atoms with Crippen molar-refractivity contribution in [2.45, 2.75) is 71.6 Å². The molecule has 0 radical (unpaired) electrons. The molecule has 2 N–H and O–H groups in total. The lowest BCUT2D eigenvalue weighted by Crippen LogP contribution is -2.48. The first-order valence-electron chi connectivity index (χ1n) is 8.49. The highest BCUT2D eigenvalue weighted by atomic mass is 16.2. The predicted molar refractivity (Wildman–Crippen MR) is 83.4 cm³/mol. The maximum Gasteiger partial charge on any atom is 0.230 e. The van der Waals surface area contributed by atoms with Crippen molar-refractivity contribution in [2.24, 2.45) is 16.6 Å². The SMILES string of the molecule is CC1(C)CCCN(C(=O)C2(CN)CCCCCC2)CC1. The van der Waals surface area contributed by atoms with Gasteiger partial charge in [-0.3, -0.25) is 4.79 Å². The highest BCUT2D eigenvalue weighted by Crippen LogP contribution is 2.38. The summed E-state index contributed by atoms with van der Waals surface area (Å²) in [6.45, 7) is 7.04. The minimum atomic E-state index is -0.245. The van der Waals surface area contributed by atoms with Crippen LogP contribution in [-0.4, -0.2) is 30.4 Å². The number of nitrogens with zero attached hydrogens (tertiary/aromatic N) is 1. The maximum atomic E-state index is 13.1. The molecule has 20 heavy (non-hydrogen) atoms. The molecule has 1 aliphatic carbocycles. The first-order chi connectivity index (χ1) is 9.49. The Morgan fingerprint density at radius 2 is 1.60 bits per heavy atom. The molecule has 1 saturated carbocycles. The van der Waals surface area contributed by atoms with Crippen LogP contribution < -0.4 is 5.73 Å². The van der Waals surface area contributed by atoms with Gasteiger partial charge in [0.05, 0.1) is 5.41 Å². The van der Waals surface area contributed by atoms with Crippen LogP contribution in [0.15, 0.2) is 0 Å². The van der Waals surface area contributed by atoms with E-state index >= 15 is 0 Å². The monoisotopic (exact) mass is 280 g/mol. The van der Waals surface area contributed by atoms with Gasteiger partial charge in [-0.1, -0.05) is 39.5 Å². The van der Waals surface area contributed by atoms with Gasteiger partial charge >= 0.3 is 0 Å². The fourth-order valence-electron chi connectivity index (χ4n) is 3.87. The molecule has 1 aliphatic heterocycles. The topological polar surface area (TPSA) is 46.3 Å². The summed E-state index contributed by atoms with van der Waals surface area (Å²) in [5.74, 6) is 0.361. The van der Waals surface area contributed by atoms with Crippen LogP contribution in [-0.2, 0) is 4.79 Å². The van der Waals surface area contributed by atoms with E-state index in [4.69, 9.17) is 5.73 Å². The van der Waals surface area contributed by atoms with Crippen molar-refractivity contribution < 1.29 is 4.79 Å². The Kier molecular flexibility index (Phi) is 5.11. The number of hydrogen-bond donors (Lipinski definition) is 1. The van der Waals surface area contributed by atoms with Gasteiger partial charge < -0.3 is 10.6 Å². The largest absolute Gasteiger partial charge is 0.342 e. The Balaban J connectivity index is 2.07. The third-order valence-corrected chi connectivity index (χ3v) is 5.53. The Hall–Kier alpha value is -0.570. The van der Waals surface area contributed by atoms with Gasteiger partial charge in [0.15, 0.2) is 0 Å². The molecule has 0 atom stereocenters. The van der Waals surface area contributed by atoms with Gasteiger partial charge in [-0.2, -0.15) is 0 Å². The third-order valence-electron chi connectivity index (χ3n) is 5.53. The maximum absolute atomic E-state index is 13.1. The smallest absolute Gasteiger partial charge is 0.230 e. The van der Waals surface area contributed by atoms with Crippen LogP contribution in [0.3, 0.4) is 0 Å². The zero-order valence-electron chi connectivity index (χ0n) is 13.4. The van der Waals surface area contributed by atoms with Crippen molar-refractivity contribution in [2.75, 3.05) is 19.6 Å². The fourth-order valence-corrected chi connectivity index (χ4v) is 3.87. The Labute approximate surface area is 124 Å². The third kappa shape index (κ3) is 3.55. The standard InChI is InChI=1S/C17H32N2O/c1-16(2)8-7-12-19(13-11-16)15(20)17(14-18)9-5-3-4-6-10-17/h3-14,18H2,1-2H3. The summed E-state index contributed by atoms with van der Waals surface area (Å²) >= 11 is 0. The zero-order valence-corrected chi connectivity index (χ0v) is 13.4. The Bertz CT molecular complexity index is 330. The molecule has 1 heterocycles. The quantitative estimate of drug-likeness (QED) is 0.789. The van der Waals surface area contributed by atoms with Crippen molar-refractivity contribution >= 4 is 5.91 Å². The molecular formula is C17H32N2O. The van der Waals surface area contributed by atoms with Crippen LogP contribution in [0, 0.1) is 10.8 Å². The van der Waals surface area contributed by atoms with Gasteiger partial charge in [-0.15, -0.1) is 0 Å². The van der Waals surface area contributed by atoms with Crippen molar-refractivity contribution in [3.63, 3.8) is 0 Å². The fraction of sp³-hybridized carbons (Fsp3) is 0.941. The number of nitrogens with two attached hydrogens (primary N) is 1. The predicted octanol–water partition coefficient (Wildman–Crippen LogP) is 3.32. The summed E-state index contributed by atoms with van der Waals surface area (Å²) in [5.41, 5.74) is 6.20. The van der Waals surface area contributed by atoms with Gasteiger partial charge in [0, 0.05) is 19.6 Å². The minimum Gasteiger partial charge on any atom is -0.342 e. The van der Waals surface area contributed by atoms with Crippen molar-refractivity contribution in [3.05, 3.63) is 0 Å². The first-order valence-corrected chi connectivity index (χ1v) is 8.49. The van der Waals surface area contributed by atoms with E-state index in [1.165, 1.54) is 32.1 Å². The molecule has 3 heteroatoms. The van der Waals surface area contributed by atoms with E-state index in [1.54, 1.807) is 0 Å². The number of amides is 1. The number of likely N-dealkylation sites (tertiary alicyclic amines) is 1. The minimum absolute atomic E-state index is 0.245. The van der Waals surface area contributed by atoms with Gasteiger partial charge in [0.25, 0.3) is 0 Å². The number of rotatable bonds is 2. The highest BCUT2D eigenvalue weighted by Gasteiger charge is 2.40. The normalized spacial score (nSPS) is 26.6. The molecule has 3 nitrogen and oxygen atoms in total. The summed E-state index contributed by atoms with van der Waals surface area (Å²) in [6, 6.07) is 0. The summed E-state index contributed by atoms with van der Waals surface area (Å²) in [7, 11) is 0. The van der Waals surface area contributed by atoms with E-state index in [9.17, 15) is 4.79 Å². The average molecular weight is 280 g/mol. The average Bonchev–Trinajstić information content (AvgIpc) is 2.76. The van der Waals surface area contributed by atoms with Crippen molar-refractivity contribution in [1.29, 1.82) is 0 Å². The molecule has 2 rings (SSSR count). The molecule has 0 spiro atoms. The van der Waals surface area contributed by atoms with E-state index in [2.05, 4.69) is 18.7 Å². The lowest BCUT2D eigenvalue weighted by Gasteiger charge is -2.36. The molecule has 2 fully saturated rings. The Morgan fingerprint density at radius 1 is 0.950 bits per heavy atom. The summed E-state index contributed by atoms with van der Waals surface area (Å²) in [4.78, 5) is 15.2. The number of carbonyl (C=O) groups is 1. The Morgan fingerprint density at radius 3 is 2.20 bits per heavy atom. The van der Waals surface area contributed by atoms with E-state index in [-0.39, 0.29) is 5.41 Å². The van der Waals surface area contributed by atoms with Crippen LogP contribution in [0.5, 0.6) is 0 Å². The lowest BCUT2D eigenvalue weighted by molar-refractivity contribution is -0.142. The first kappa shape index (κ1) is 15.8. The van der Waals surface area contributed by atoms with Crippen LogP contribution in [0.4, 0.5) is 0 Å². The van der Waals surface area contributed by atoms with Gasteiger partial charge in [0.2, 0.25) is 5.91 Å². The molecule has 0 unspecified atom stereocenters. The van der Waals surface area contributed by atoms with Crippen LogP contribution in [0.1, 0.15) is 71.6 Å². The summed E-state index contributed by atoms with van der Waals surface area (Å²) in [5, 5.41) is 0. The molecule has 1 saturated heterocycles. The van der Waals surface area contributed by atoms with Crippen molar-refractivity contribution in [1.82, 2.24) is 4.90 Å². The highest BCUT2D eigenvalue weighted by molar-refractivity contribution is 5.83.